The van der Waals surface area contributed by atoms with Gasteiger partial charge in [0.15, 0.2) is 6.61 Å². The van der Waals surface area contributed by atoms with Crippen LogP contribution in [0.1, 0.15) is 18.5 Å². The number of para-hydroxylation sites is 2. The molecule has 2 aromatic carbocycles. The first-order valence-electron chi connectivity index (χ1n) is 6.59. The van der Waals surface area contributed by atoms with Crippen molar-refractivity contribution in [3.05, 3.63) is 58.6 Å². The van der Waals surface area contributed by atoms with Crippen LogP contribution in [0.5, 0.6) is 5.75 Å². The van der Waals surface area contributed by atoms with Crippen molar-refractivity contribution in [3.8, 4) is 5.75 Å². The van der Waals surface area contributed by atoms with Crippen molar-refractivity contribution < 1.29 is 9.53 Å². The number of halogens is 1. The highest BCUT2D eigenvalue weighted by Crippen LogP contribution is 2.23. The number of hydrogen-bond acceptors (Lipinski definition) is 3. The average Bonchev–Trinajstić information content (AvgIpc) is 2.46. The van der Waals surface area contributed by atoms with Crippen LogP contribution in [0.4, 0.5) is 5.69 Å². The van der Waals surface area contributed by atoms with Crippen molar-refractivity contribution in [3.63, 3.8) is 0 Å². The molecule has 110 valence electrons. The smallest absolute Gasteiger partial charge is 0.258 e. The van der Waals surface area contributed by atoms with Crippen LogP contribution in [-0.4, -0.2) is 12.5 Å². The SMILES string of the molecule is CC(NC(=O)COc1ccccc1N)c1ccccc1Br. The van der Waals surface area contributed by atoms with E-state index in [1.165, 1.54) is 0 Å². The maximum absolute atomic E-state index is 11.9. The molecule has 1 atom stereocenters. The fraction of sp³-hybridized carbons (Fsp3) is 0.188. The molecule has 2 aromatic rings. The summed E-state index contributed by atoms with van der Waals surface area (Å²) >= 11 is 3.47. The van der Waals surface area contributed by atoms with E-state index in [0.717, 1.165) is 10.0 Å². The number of carbonyl (C=O) groups excluding carboxylic acids is 1. The lowest BCUT2D eigenvalue weighted by molar-refractivity contribution is -0.123. The fourth-order valence-electron chi connectivity index (χ4n) is 1.94. The summed E-state index contributed by atoms with van der Waals surface area (Å²) in [4.78, 5) is 11.9. The van der Waals surface area contributed by atoms with Crippen LogP contribution >= 0.6 is 15.9 Å². The first-order valence-corrected chi connectivity index (χ1v) is 7.38. The topological polar surface area (TPSA) is 64.3 Å². The normalized spacial score (nSPS) is 11.7. The monoisotopic (exact) mass is 348 g/mol. The third kappa shape index (κ3) is 4.23. The Labute approximate surface area is 132 Å². The lowest BCUT2D eigenvalue weighted by Crippen LogP contribution is -2.31. The van der Waals surface area contributed by atoms with Gasteiger partial charge in [0, 0.05) is 4.47 Å². The van der Waals surface area contributed by atoms with E-state index in [-0.39, 0.29) is 18.6 Å². The number of nitrogen functional groups attached to an aromatic ring is 1. The van der Waals surface area contributed by atoms with Crippen LogP contribution in [-0.2, 0) is 4.79 Å². The van der Waals surface area contributed by atoms with Crippen molar-refractivity contribution in [2.24, 2.45) is 0 Å². The summed E-state index contributed by atoms with van der Waals surface area (Å²) in [5.74, 6) is 0.322. The third-order valence-electron chi connectivity index (χ3n) is 3.03. The molecule has 21 heavy (non-hydrogen) atoms. The maximum atomic E-state index is 11.9. The zero-order chi connectivity index (χ0) is 15.2. The Hall–Kier alpha value is -2.01. The predicted octanol–water partition coefficient (Wildman–Crippen LogP) is 3.29. The van der Waals surface area contributed by atoms with Crippen LogP contribution in [0.3, 0.4) is 0 Å². The van der Waals surface area contributed by atoms with Gasteiger partial charge in [0.05, 0.1) is 11.7 Å². The Kier molecular flexibility index (Phi) is 5.22. The zero-order valence-corrected chi connectivity index (χ0v) is 13.3. The number of benzene rings is 2. The quantitative estimate of drug-likeness (QED) is 0.815. The van der Waals surface area contributed by atoms with Crippen LogP contribution in [0.15, 0.2) is 53.0 Å². The van der Waals surface area contributed by atoms with Gasteiger partial charge in [0.1, 0.15) is 5.75 Å². The molecule has 0 saturated carbocycles. The molecule has 0 bridgehead atoms. The summed E-state index contributed by atoms with van der Waals surface area (Å²) < 4.78 is 6.38. The van der Waals surface area contributed by atoms with Gasteiger partial charge in [0.2, 0.25) is 0 Å². The minimum atomic E-state index is -0.193. The molecule has 0 radical (unpaired) electrons. The minimum Gasteiger partial charge on any atom is -0.482 e. The number of carbonyl (C=O) groups is 1. The fourth-order valence-corrected chi connectivity index (χ4v) is 2.57. The second-order valence-electron chi connectivity index (χ2n) is 4.64. The number of ether oxygens (including phenoxy) is 1. The molecule has 0 aliphatic rings. The molecular weight excluding hydrogens is 332 g/mol. The molecule has 0 aromatic heterocycles. The molecule has 0 aliphatic heterocycles. The van der Waals surface area contributed by atoms with E-state index in [1.807, 2.05) is 43.3 Å². The Balaban J connectivity index is 1.90. The van der Waals surface area contributed by atoms with Gasteiger partial charge in [0.25, 0.3) is 5.91 Å². The molecule has 2 rings (SSSR count). The molecular formula is C16H17BrN2O2. The number of nitrogens with two attached hydrogens (primary N) is 1. The van der Waals surface area contributed by atoms with Crippen molar-refractivity contribution in [1.82, 2.24) is 5.32 Å². The highest BCUT2D eigenvalue weighted by molar-refractivity contribution is 9.10. The molecule has 0 aliphatic carbocycles. The van der Waals surface area contributed by atoms with Crippen LogP contribution < -0.4 is 15.8 Å². The molecule has 3 N–H and O–H groups in total. The Morgan fingerprint density at radius 1 is 1.24 bits per heavy atom. The van der Waals surface area contributed by atoms with Crippen molar-refractivity contribution in [2.75, 3.05) is 12.3 Å². The molecule has 5 heteroatoms. The lowest BCUT2D eigenvalue weighted by Gasteiger charge is -2.16. The number of anilines is 1. The van der Waals surface area contributed by atoms with Gasteiger partial charge in [-0.1, -0.05) is 46.3 Å². The van der Waals surface area contributed by atoms with E-state index in [0.29, 0.717) is 11.4 Å². The van der Waals surface area contributed by atoms with Gasteiger partial charge in [-0.2, -0.15) is 0 Å². The Bertz CT molecular complexity index is 631. The summed E-state index contributed by atoms with van der Waals surface area (Å²) in [6.07, 6.45) is 0. The summed E-state index contributed by atoms with van der Waals surface area (Å²) in [7, 11) is 0. The highest BCUT2D eigenvalue weighted by atomic mass is 79.9. The van der Waals surface area contributed by atoms with E-state index in [1.54, 1.807) is 12.1 Å². The van der Waals surface area contributed by atoms with Crippen molar-refractivity contribution >= 4 is 27.5 Å². The number of rotatable bonds is 5. The second-order valence-corrected chi connectivity index (χ2v) is 5.49. The van der Waals surface area contributed by atoms with E-state index in [2.05, 4.69) is 21.2 Å². The van der Waals surface area contributed by atoms with Crippen LogP contribution in [0, 0.1) is 0 Å². The number of hydrogen-bond donors (Lipinski definition) is 2. The molecule has 0 fully saturated rings. The highest BCUT2D eigenvalue weighted by Gasteiger charge is 2.12. The van der Waals surface area contributed by atoms with Gasteiger partial charge >= 0.3 is 0 Å². The number of nitrogens with one attached hydrogen (secondary N) is 1. The van der Waals surface area contributed by atoms with Gasteiger partial charge in [-0.05, 0) is 30.7 Å². The van der Waals surface area contributed by atoms with Crippen molar-refractivity contribution in [1.29, 1.82) is 0 Å². The molecule has 0 heterocycles. The second kappa shape index (κ2) is 7.13. The minimum absolute atomic E-state index is 0.0665. The Morgan fingerprint density at radius 3 is 2.62 bits per heavy atom. The van der Waals surface area contributed by atoms with E-state index >= 15 is 0 Å². The summed E-state index contributed by atoms with van der Waals surface area (Å²) in [6.45, 7) is 1.86. The van der Waals surface area contributed by atoms with Crippen molar-refractivity contribution in [2.45, 2.75) is 13.0 Å². The average molecular weight is 349 g/mol. The molecule has 4 nitrogen and oxygen atoms in total. The lowest BCUT2D eigenvalue weighted by atomic mass is 10.1. The third-order valence-corrected chi connectivity index (χ3v) is 3.75. The first kappa shape index (κ1) is 15.4. The Morgan fingerprint density at radius 2 is 1.90 bits per heavy atom. The van der Waals surface area contributed by atoms with E-state index < -0.39 is 0 Å². The summed E-state index contributed by atoms with van der Waals surface area (Å²) in [6, 6.07) is 14.8. The largest absolute Gasteiger partial charge is 0.482 e. The maximum Gasteiger partial charge on any atom is 0.258 e. The van der Waals surface area contributed by atoms with Crippen LogP contribution in [0.25, 0.3) is 0 Å². The molecule has 1 amide bonds. The van der Waals surface area contributed by atoms with Gasteiger partial charge < -0.3 is 15.8 Å². The molecule has 0 spiro atoms. The summed E-state index contributed by atoms with van der Waals surface area (Å²) in [5.41, 5.74) is 7.29. The van der Waals surface area contributed by atoms with E-state index in [9.17, 15) is 4.79 Å². The number of amides is 1. The van der Waals surface area contributed by atoms with E-state index in [4.69, 9.17) is 10.5 Å². The zero-order valence-electron chi connectivity index (χ0n) is 11.7. The van der Waals surface area contributed by atoms with Gasteiger partial charge in [-0.15, -0.1) is 0 Å². The van der Waals surface area contributed by atoms with Crippen LogP contribution in [0.2, 0.25) is 0 Å². The standard InChI is InChI=1S/C16H17BrN2O2/c1-11(12-6-2-3-7-13(12)17)19-16(20)10-21-15-9-5-4-8-14(15)18/h2-9,11H,10,18H2,1H3,(H,19,20). The van der Waals surface area contributed by atoms with Gasteiger partial charge in [-0.3, -0.25) is 4.79 Å². The predicted molar refractivity (Wildman–Crippen MR) is 87.0 cm³/mol. The molecule has 0 saturated heterocycles. The van der Waals surface area contributed by atoms with Gasteiger partial charge in [-0.25, -0.2) is 0 Å². The molecule has 1 unspecified atom stereocenters. The summed E-state index contributed by atoms with van der Waals surface area (Å²) in [5, 5.41) is 2.89. The first-order chi connectivity index (χ1) is 10.1.